The highest BCUT2D eigenvalue weighted by molar-refractivity contribution is 5.87. The van der Waals surface area contributed by atoms with Gasteiger partial charge in [-0.25, -0.2) is 0 Å². The monoisotopic (exact) mass is 374 g/mol. The third-order valence-electron chi connectivity index (χ3n) is 3.60. The van der Waals surface area contributed by atoms with Gasteiger partial charge in [0.05, 0.1) is 30.3 Å². The third-order valence-corrected chi connectivity index (χ3v) is 3.60. The Kier molecular flexibility index (Phi) is 14.1. The zero-order valence-corrected chi connectivity index (χ0v) is 18.0. The fourth-order valence-electron chi connectivity index (χ4n) is 2.26. The average Bonchev–Trinajstić information content (AvgIpc) is 2.49. The van der Waals surface area contributed by atoms with Crippen molar-refractivity contribution in [1.29, 1.82) is 0 Å². The summed E-state index contributed by atoms with van der Waals surface area (Å²) in [5.74, 6) is -0.363. The van der Waals surface area contributed by atoms with E-state index in [1.807, 2.05) is 41.5 Å². The number of nitrogens with one attached hydrogen (secondary N) is 2. The van der Waals surface area contributed by atoms with Crippen molar-refractivity contribution in [3.63, 3.8) is 0 Å². The van der Waals surface area contributed by atoms with Crippen LogP contribution in [0.5, 0.6) is 0 Å². The maximum absolute atomic E-state index is 11.2. The normalized spacial score (nSPS) is 15.4. The molecule has 0 spiro atoms. The lowest BCUT2D eigenvalue weighted by atomic mass is 10.1. The molecule has 0 saturated heterocycles. The van der Waals surface area contributed by atoms with Crippen molar-refractivity contribution < 1.29 is 23.9 Å². The van der Waals surface area contributed by atoms with Gasteiger partial charge in [0.15, 0.2) is 5.78 Å². The Hall–Kier alpha value is -1.47. The molecule has 2 N–H and O–H groups in total. The van der Waals surface area contributed by atoms with Crippen LogP contribution in [0, 0.1) is 5.92 Å². The van der Waals surface area contributed by atoms with E-state index < -0.39 is 6.04 Å². The van der Waals surface area contributed by atoms with E-state index in [1.165, 1.54) is 13.8 Å². The molecule has 0 aromatic heterocycles. The molecule has 0 aliphatic heterocycles. The molecule has 0 unspecified atom stereocenters. The SMILES string of the molecule is CC(=O)N[C@H](C(C)=O)[C@@H](C)OC(C)C.CNC(=O)[C@@H](C)[C@@H](C)OC(C)C. The molecular formula is C19H38N2O5. The molecule has 0 fully saturated rings. The lowest BCUT2D eigenvalue weighted by Gasteiger charge is -2.24. The van der Waals surface area contributed by atoms with Crippen molar-refractivity contribution in [2.45, 2.75) is 92.8 Å². The lowest BCUT2D eigenvalue weighted by molar-refractivity contribution is -0.130. The Labute approximate surface area is 158 Å². The van der Waals surface area contributed by atoms with E-state index >= 15 is 0 Å². The number of ether oxygens (including phenoxy) is 2. The van der Waals surface area contributed by atoms with E-state index in [9.17, 15) is 14.4 Å². The van der Waals surface area contributed by atoms with Gasteiger partial charge >= 0.3 is 0 Å². The molecular weight excluding hydrogens is 336 g/mol. The Bertz CT molecular complexity index is 438. The number of ketones is 1. The molecule has 0 aliphatic carbocycles. The van der Waals surface area contributed by atoms with Crippen LogP contribution in [0.4, 0.5) is 0 Å². The number of rotatable bonds is 9. The summed E-state index contributed by atoms with van der Waals surface area (Å²) in [6.07, 6.45) is -0.103. The van der Waals surface area contributed by atoms with Gasteiger partial charge in [-0.05, 0) is 48.5 Å². The number of hydrogen-bond acceptors (Lipinski definition) is 5. The van der Waals surface area contributed by atoms with Crippen LogP contribution in [0.1, 0.15) is 62.3 Å². The fourth-order valence-corrected chi connectivity index (χ4v) is 2.26. The summed E-state index contributed by atoms with van der Waals surface area (Å²) in [5, 5.41) is 5.17. The minimum atomic E-state index is -0.546. The third kappa shape index (κ3) is 12.8. The van der Waals surface area contributed by atoms with E-state index in [0.717, 1.165) is 0 Å². The predicted molar refractivity (Wildman–Crippen MR) is 103 cm³/mol. The summed E-state index contributed by atoms with van der Waals surface area (Å²) in [6, 6.07) is -0.546. The molecule has 0 aromatic carbocycles. The van der Waals surface area contributed by atoms with Crippen molar-refractivity contribution in [1.82, 2.24) is 10.6 Å². The summed E-state index contributed by atoms with van der Waals surface area (Å²) < 4.78 is 10.9. The highest BCUT2D eigenvalue weighted by Gasteiger charge is 2.24. The Morgan fingerprint density at radius 2 is 1.19 bits per heavy atom. The number of Topliss-reactive ketones (excluding diaryl/α,β-unsaturated/α-hetero) is 1. The van der Waals surface area contributed by atoms with Gasteiger partial charge in [0.1, 0.15) is 6.04 Å². The van der Waals surface area contributed by atoms with Gasteiger partial charge in [-0.2, -0.15) is 0 Å². The highest BCUT2D eigenvalue weighted by Crippen LogP contribution is 2.09. The van der Waals surface area contributed by atoms with Crippen molar-refractivity contribution in [3.05, 3.63) is 0 Å². The number of hydrogen-bond donors (Lipinski definition) is 2. The topological polar surface area (TPSA) is 93.7 Å². The fraction of sp³-hybridized carbons (Fsp3) is 0.842. The largest absolute Gasteiger partial charge is 0.375 e. The molecule has 0 bridgehead atoms. The quantitative estimate of drug-likeness (QED) is 0.644. The minimum absolute atomic E-state index is 0.0232. The van der Waals surface area contributed by atoms with E-state index in [1.54, 1.807) is 14.0 Å². The standard InChI is InChI=1S/C10H19NO3.C9H19NO2/c1-6(2)14-8(4)10(7(3)12)11-9(5)13;1-6(2)12-8(4)7(3)9(11)10-5/h6,8,10H,1-5H3,(H,11,13);6-8H,1-5H3,(H,10,11)/t8-,10-;7-,8+/m10/s1. The van der Waals surface area contributed by atoms with Crippen molar-refractivity contribution in [3.8, 4) is 0 Å². The van der Waals surface area contributed by atoms with Crippen molar-refractivity contribution >= 4 is 17.6 Å². The second-order valence-electron chi connectivity index (χ2n) is 6.97. The van der Waals surface area contributed by atoms with Gasteiger partial charge in [-0.1, -0.05) is 6.92 Å². The molecule has 7 nitrogen and oxygen atoms in total. The van der Waals surface area contributed by atoms with Gasteiger partial charge in [-0.15, -0.1) is 0 Å². The molecule has 0 aliphatic rings. The molecule has 4 atom stereocenters. The molecule has 0 rings (SSSR count). The second kappa shape index (κ2) is 13.7. The van der Waals surface area contributed by atoms with E-state index in [-0.39, 0.29) is 47.9 Å². The molecule has 0 aromatic rings. The molecule has 26 heavy (non-hydrogen) atoms. The summed E-state index contributed by atoms with van der Waals surface area (Å²) in [6.45, 7) is 16.1. The Morgan fingerprint density at radius 1 is 0.769 bits per heavy atom. The van der Waals surface area contributed by atoms with Gasteiger partial charge < -0.3 is 20.1 Å². The Balaban J connectivity index is 0. The molecule has 0 heterocycles. The Morgan fingerprint density at radius 3 is 1.50 bits per heavy atom. The van der Waals surface area contributed by atoms with Crippen LogP contribution in [0.15, 0.2) is 0 Å². The minimum Gasteiger partial charge on any atom is -0.375 e. The predicted octanol–water partition coefficient (Wildman–Crippen LogP) is 2.08. The average molecular weight is 375 g/mol. The van der Waals surface area contributed by atoms with Crippen LogP contribution < -0.4 is 10.6 Å². The number of amides is 2. The molecule has 7 heteroatoms. The first-order valence-corrected chi connectivity index (χ1v) is 9.13. The highest BCUT2D eigenvalue weighted by atomic mass is 16.5. The van der Waals surface area contributed by atoms with Gasteiger partial charge in [-0.3, -0.25) is 14.4 Å². The van der Waals surface area contributed by atoms with Crippen LogP contribution in [0.3, 0.4) is 0 Å². The summed E-state index contributed by atoms with van der Waals surface area (Å²) >= 11 is 0. The van der Waals surface area contributed by atoms with Crippen LogP contribution in [-0.4, -0.2) is 55.1 Å². The van der Waals surface area contributed by atoms with Crippen molar-refractivity contribution in [2.24, 2.45) is 5.92 Å². The number of carbonyl (C=O) groups is 3. The van der Waals surface area contributed by atoms with Crippen LogP contribution in [-0.2, 0) is 23.9 Å². The first-order chi connectivity index (χ1) is 11.8. The first kappa shape index (κ1) is 26.8. The van der Waals surface area contributed by atoms with Crippen LogP contribution >= 0.6 is 0 Å². The maximum Gasteiger partial charge on any atom is 0.225 e. The van der Waals surface area contributed by atoms with Crippen LogP contribution in [0.2, 0.25) is 0 Å². The van der Waals surface area contributed by atoms with Gasteiger partial charge in [0.2, 0.25) is 11.8 Å². The molecule has 0 saturated carbocycles. The van der Waals surface area contributed by atoms with E-state index in [4.69, 9.17) is 9.47 Å². The zero-order valence-electron chi connectivity index (χ0n) is 18.0. The summed E-state index contributed by atoms with van der Waals surface area (Å²) in [5.41, 5.74) is 0. The van der Waals surface area contributed by atoms with Gasteiger partial charge in [0, 0.05) is 14.0 Å². The van der Waals surface area contributed by atoms with Crippen molar-refractivity contribution in [2.75, 3.05) is 7.05 Å². The number of carbonyl (C=O) groups excluding carboxylic acids is 3. The van der Waals surface area contributed by atoms with E-state index in [0.29, 0.717) is 0 Å². The smallest absolute Gasteiger partial charge is 0.225 e. The molecule has 2 amide bonds. The summed E-state index contributed by atoms with van der Waals surface area (Å²) in [4.78, 5) is 33.2. The molecule has 0 radical (unpaired) electrons. The maximum atomic E-state index is 11.2. The summed E-state index contributed by atoms with van der Waals surface area (Å²) in [7, 11) is 1.64. The van der Waals surface area contributed by atoms with Crippen LogP contribution in [0.25, 0.3) is 0 Å². The van der Waals surface area contributed by atoms with Gasteiger partial charge in [0.25, 0.3) is 0 Å². The first-order valence-electron chi connectivity index (χ1n) is 9.13. The lowest BCUT2D eigenvalue weighted by Crippen LogP contribution is -2.47. The van der Waals surface area contributed by atoms with E-state index in [2.05, 4.69) is 10.6 Å². The zero-order chi connectivity index (χ0) is 21.0. The molecule has 154 valence electrons. The second-order valence-corrected chi connectivity index (χ2v) is 6.97.